The predicted octanol–water partition coefficient (Wildman–Crippen LogP) is 8.09. The van der Waals surface area contributed by atoms with E-state index in [9.17, 15) is 20.1 Å². The molecule has 2 rings (SSSR count). The van der Waals surface area contributed by atoms with Gasteiger partial charge in [0.25, 0.3) is 0 Å². The number of cyclic esters (lactones) is 1. The third-order valence-corrected chi connectivity index (χ3v) is 9.06. The van der Waals surface area contributed by atoms with Gasteiger partial charge >= 0.3 is 5.97 Å². The smallest absolute Gasteiger partial charge is 0.334 e. The largest absolute Gasteiger partial charge is 0.455 e. The van der Waals surface area contributed by atoms with Crippen LogP contribution in [0.5, 0.6) is 0 Å². The maximum absolute atomic E-state index is 11.6. The average Bonchev–Trinajstić information content (AvgIpc) is 3.57. The number of carbonyl (C=O) groups is 1. The molecule has 240 valence electrons. The van der Waals surface area contributed by atoms with E-state index in [1.165, 1.54) is 57.8 Å². The Labute approximate surface area is 251 Å². The first-order valence-electron chi connectivity index (χ1n) is 17.5. The summed E-state index contributed by atoms with van der Waals surface area (Å²) >= 11 is 0. The van der Waals surface area contributed by atoms with E-state index in [1.54, 1.807) is 0 Å². The molecular formula is C35H64O6. The number of carbonyl (C=O) groups excluding carboxylic acids is 1. The lowest BCUT2D eigenvalue weighted by Crippen LogP contribution is -2.31. The Kier molecular flexibility index (Phi) is 20.0. The molecule has 6 heteroatoms. The molecule has 1 fully saturated rings. The Morgan fingerprint density at radius 3 is 1.61 bits per heavy atom. The quantitative estimate of drug-likeness (QED) is 0.0707. The van der Waals surface area contributed by atoms with Crippen molar-refractivity contribution in [2.75, 3.05) is 0 Å². The van der Waals surface area contributed by atoms with Gasteiger partial charge in [-0.1, -0.05) is 110 Å². The highest BCUT2D eigenvalue weighted by molar-refractivity contribution is 5.90. The lowest BCUT2D eigenvalue weighted by atomic mass is 9.99. The maximum atomic E-state index is 11.6. The second kappa shape index (κ2) is 22.6. The molecule has 0 aromatic heterocycles. The van der Waals surface area contributed by atoms with Gasteiger partial charge in [-0.25, -0.2) is 4.79 Å². The summed E-state index contributed by atoms with van der Waals surface area (Å²) < 4.78 is 11.2. The lowest BCUT2D eigenvalue weighted by molar-refractivity contribution is -0.139. The van der Waals surface area contributed by atoms with E-state index in [-0.39, 0.29) is 30.4 Å². The van der Waals surface area contributed by atoms with E-state index in [4.69, 9.17) is 9.47 Å². The van der Waals surface area contributed by atoms with Crippen LogP contribution in [0.4, 0.5) is 0 Å². The van der Waals surface area contributed by atoms with Crippen molar-refractivity contribution in [2.45, 2.75) is 205 Å². The fourth-order valence-corrected chi connectivity index (χ4v) is 6.39. The predicted molar refractivity (Wildman–Crippen MR) is 167 cm³/mol. The van der Waals surface area contributed by atoms with Crippen molar-refractivity contribution in [3.05, 3.63) is 11.6 Å². The van der Waals surface area contributed by atoms with Gasteiger partial charge in [-0.2, -0.15) is 0 Å². The molecule has 1 saturated heterocycles. The Bertz CT molecular complexity index is 694. The van der Waals surface area contributed by atoms with E-state index in [2.05, 4.69) is 6.92 Å². The van der Waals surface area contributed by atoms with Crippen LogP contribution in [0, 0.1) is 0 Å². The number of aliphatic hydroxyl groups excluding tert-OH is 3. The van der Waals surface area contributed by atoms with Crippen LogP contribution in [0.15, 0.2) is 11.6 Å². The summed E-state index contributed by atoms with van der Waals surface area (Å²) in [5, 5.41) is 31.5. The molecular weight excluding hydrogens is 516 g/mol. The van der Waals surface area contributed by atoms with Gasteiger partial charge in [0.05, 0.1) is 30.5 Å². The molecule has 2 heterocycles. The molecule has 3 N–H and O–H groups in total. The zero-order valence-electron chi connectivity index (χ0n) is 26.6. The molecule has 41 heavy (non-hydrogen) atoms. The summed E-state index contributed by atoms with van der Waals surface area (Å²) in [6.45, 7) is 4.15. The van der Waals surface area contributed by atoms with Crippen molar-refractivity contribution in [1.29, 1.82) is 0 Å². The zero-order valence-corrected chi connectivity index (χ0v) is 26.6. The second-order valence-corrected chi connectivity index (χ2v) is 12.9. The topological polar surface area (TPSA) is 96.2 Å². The molecule has 0 spiro atoms. The number of ether oxygens (including phenoxy) is 2. The van der Waals surface area contributed by atoms with E-state index >= 15 is 0 Å². The van der Waals surface area contributed by atoms with E-state index < -0.39 is 12.2 Å². The number of hydrogen-bond donors (Lipinski definition) is 3. The molecule has 6 nitrogen and oxygen atoms in total. The van der Waals surface area contributed by atoms with Gasteiger partial charge in [0.15, 0.2) is 0 Å². The minimum Gasteiger partial charge on any atom is -0.455 e. The second-order valence-electron chi connectivity index (χ2n) is 12.9. The van der Waals surface area contributed by atoms with E-state index in [0.29, 0.717) is 0 Å². The van der Waals surface area contributed by atoms with Crippen molar-refractivity contribution in [3.8, 4) is 0 Å². The third kappa shape index (κ3) is 16.5. The lowest BCUT2D eigenvalue weighted by Gasteiger charge is -2.22. The van der Waals surface area contributed by atoms with Gasteiger partial charge in [-0.3, -0.25) is 0 Å². The van der Waals surface area contributed by atoms with Crippen LogP contribution in [-0.2, 0) is 14.3 Å². The first-order valence-corrected chi connectivity index (χ1v) is 17.5. The van der Waals surface area contributed by atoms with Crippen LogP contribution in [0.25, 0.3) is 0 Å². The van der Waals surface area contributed by atoms with Crippen molar-refractivity contribution in [2.24, 2.45) is 0 Å². The Balaban J connectivity index is 1.39. The summed E-state index contributed by atoms with van der Waals surface area (Å²) in [6.07, 6.45) is 26.2. The first kappa shape index (κ1) is 36.2. The molecule has 2 aliphatic rings. The van der Waals surface area contributed by atoms with Gasteiger partial charge in [0, 0.05) is 5.57 Å². The van der Waals surface area contributed by atoms with Crippen LogP contribution in [-0.4, -0.2) is 57.9 Å². The van der Waals surface area contributed by atoms with Gasteiger partial charge in [-0.15, -0.1) is 0 Å². The molecule has 2 aliphatic heterocycles. The summed E-state index contributed by atoms with van der Waals surface area (Å²) in [6, 6.07) is 0. The normalized spacial score (nSPS) is 23.0. The highest BCUT2D eigenvalue weighted by Gasteiger charge is 2.34. The van der Waals surface area contributed by atoms with Gasteiger partial charge < -0.3 is 24.8 Å². The molecule has 0 saturated carbocycles. The third-order valence-electron chi connectivity index (χ3n) is 9.06. The fourth-order valence-electron chi connectivity index (χ4n) is 6.39. The molecule has 0 radical (unpaired) electrons. The van der Waals surface area contributed by atoms with E-state index in [0.717, 1.165) is 102 Å². The highest BCUT2D eigenvalue weighted by Crippen LogP contribution is 2.28. The number of aliphatic hydroxyl groups is 3. The van der Waals surface area contributed by atoms with Crippen LogP contribution in [0.1, 0.15) is 168 Å². The minimum absolute atomic E-state index is 0.0812. The summed E-state index contributed by atoms with van der Waals surface area (Å²) in [5.74, 6) is -0.158. The zero-order chi connectivity index (χ0) is 29.7. The number of rotatable bonds is 26. The SMILES string of the molecule is CCCCCCCCCCCCC(O)[C@H]1CC[C@@H](C(O)CCCCCC(O)CCCCCCC2=CC(C)OC2=O)O1. The van der Waals surface area contributed by atoms with Gasteiger partial charge in [0.2, 0.25) is 0 Å². The molecule has 0 aliphatic carbocycles. The molecule has 0 aromatic carbocycles. The molecule has 4 unspecified atom stereocenters. The van der Waals surface area contributed by atoms with Gasteiger partial charge in [0.1, 0.15) is 6.10 Å². The van der Waals surface area contributed by atoms with Crippen molar-refractivity contribution < 1.29 is 29.6 Å². The number of hydrogen-bond acceptors (Lipinski definition) is 6. The Hall–Kier alpha value is -0.950. The monoisotopic (exact) mass is 580 g/mol. The standard InChI is InChI=1S/C35H64O6/c1-3-4-5-6-7-8-9-10-11-18-23-31(37)33-25-26-34(41-33)32(38)24-19-14-17-22-30(36)21-16-13-12-15-20-29-27-28(2)40-35(29)39/h27-28,30-34,36-38H,3-26H2,1-2H3/t28?,30?,31?,32?,33-,34+/m1/s1. The van der Waals surface area contributed by atoms with Crippen LogP contribution in [0.3, 0.4) is 0 Å². The van der Waals surface area contributed by atoms with Gasteiger partial charge in [-0.05, 0) is 64.4 Å². The summed E-state index contributed by atoms with van der Waals surface area (Å²) in [5.41, 5.74) is 0.819. The van der Waals surface area contributed by atoms with Crippen LogP contribution >= 0.6 is 0 Å². The highest BCUT2D eigenvalue weighted by atomic mass is 16.5. The molecule has 0 amide bonds. The molecule has 0 aromatic rings. The fraction of sp³-hybridized carbons (Fsp3) is 0.914. The maximum Gasteiger partial charge on any atom is 0.334 e. The van der Waals surface area contributed by atoms with Crippen LogP contribution < -0.4 is 0 Å². The van der Waals surface area contributed by atoms with Crippen molar-refractivity contribution in [1.82, 2.24) is 0 Å². The summed E-state index contributed by atoms with van der Waals surface area (Å²) in [7, 11) is 0. The summed E-state index contributed by atoms with van der Waals surface area (Å²) in [4.78, 5) is 11.6. The van der Waals surface area contributed by atoms with Crippen molar-refractivity contribution >= 4 is 5.97 Å². The average molecular weight is 581 g/mol. The minimum atomic E-state index is -0.459. The molecule has 6 atom stereocenters. The Morgan fingerprint density at radius 1 is 0.683 bits per heavy atom. The number of esters is 1. The molecule has 0 bridgehead atoms. The van der Waals surface area contributed by atoms with E-state index in [1.807, 2.05) is 13.0 Å². The van der Waals surface area contributed by atoms with Crippen LogP contribution in [0.2, 0.25) is 0 Å². The van der Waals surface area contributed by atoms with Crippen molar-refractivity contribution in [3.63, 3.8) is 0 Å². The number of unbranched alkanes of at least 4 members (excludes halogenated alkanes) is 14. The first-order chi connectivity index (χ1) is 19.9. The Morgan fingerprint density at radius 2 is 1.12 bits per heavy atom.